The van der Waals surface area contributed by atoms with Gasteiger partial charge in [0.05, 0.1) is 5.52 Å². The van der Waals surface area contributed by atoms with Crippen LogP contribution in [0.25, 0.3) is 10.9 Å². The third kappa shape index (κ3) is 1.89. The molecule has 2 aromatic rings. The Kier molecular flexibility index (Phi) is 2.59. The van der Waals surface area contributed by atoms with Gasteiger partial charge in [-0.3, -0.25) is 4.98 Å². The molecule has 0 aliphatic heterocycles. The van der Waals surface area contributed by atoms with E-state index in [1.165, 1.54) is 0 Å². The molecule has 0 amide bonds. The molecule has 94 valence electrons. The Morgan fingerprint density at radius 3 is 2.89 bits per heavy atom. The number of rotatable bonds is 1. The first-order chi connectivity index (χ1) is 8.57. The van der Waals surface area contributed by atoms with Gasteiger partial charge in [0.2, 0.25) is 0 Å². The van der Waals surface area contributed by atoms with Crippen LogP contribution in [0.15, 0.2) is 30.3 Å². The zero-order valence-corrected chi connectivity index (χ0v) is 10.5. The monoisotopic (exact) mass is 244 g/mol. The van der Waals surface area contributed by atoms with E-state index in [2.05, 4.69) is 4.98 Å². The van der Waals surface area contributed by atoms with Crippen LogP contribution >= 0.6 is 0 Å². The van der Waals surface area contributed by atoms with Crippen molar-refractivity contribution in [2.75, 3.05) is 0 Å². The molecule has 0 spiro atoms. The van der Waals surface area contributed by atoms with Crippen LogP contribution in [0.4, 0.5) is 4.39 Å². The summed E-state index contributed by atoms with van der Waals surface area (Å²) in [7, 11) is 0. The molecule has 1 aromatic carbocycles. The van der Waals surface area contributed by atoms with E-state index in [4.69, 9.17) is 5.73 Å². The molecule has 0 radical (unpaired) electrons. The Labute approximate surface area is 106 Å². The highest BCUT2D eigenvalue weighted by atomic mass is 19.1. The maximum absolute atomic E-state index is 14.8. The van der Waals surface area contributed by atoms with E-state index >= 15 is 0 Å². The molecule has 2 nitrogen and oxygen atoms in total. The van der Waals surface area contributed by atoms with E-state index in [-0.39, 0.29) is 6.04 Å². The largest absolute Gasteiger partial charge is 0.328 e. The first-order valence-electron chi connectivity index (χ1n) is 6.39. The average Bonchev–Trinajstić information content (AvgIpc) is 2.70. The summed E-state index contributed by atoms with van der Waals surface area (Å²) in [5.74, 6) is 0. The second kappa shape index (κ2) is 4.02. The molecule has 1 heterocycles. The van der Waals surface area contributed by atoms with Crippen molar-refractivity contribution in [2.24, 2.45) is 5.73 Å². The number of benzene rings is 1. The van der Waals surface area contributed by atoms with E-state index in [0.29, 0.717) is 12.8 Å². The molecule has 18 heavy (non-hydrogen) atoms. The minimum absolute atomic E-state index is 0.0122. The molecule has 3 heteroatoms. The number of hydrogen-bond donors (Lipinski definition) is 1. The highest BCUT2D eigenvalue weighted by Crippen LogP contribution is 2.42. The Balaban J connectivity index is 2.06. The Morgan fingerprint density at radius 2 is 2.17 bits per heavy atom. The van der Waals surface area contributed by atoms with Gasteiger partial charge in [0.25, 0.3) is 0 Å². The number of alkyl halides is 1. The maximum atomic E-state index is 14.8. The van der Waals surface area contributed by atoms with E-state index in [1.807, 2.05) is 37.3 Å². The molecule has 2 atom stereocenters. The van der Waals surface area contributed by atoms with Gasteiger partial charge in [-0.1, -0.05) is 12.1 Å². The summed E-state index contributed by atoms with van der Waals surface area (Å²) >= 11 is 0. The fraction of sp³-hybridized carbons (Fsp3) is 0.400. The maximum Gasteiger partial charge on any atom is 0.137 e. The van der Waals surface area contributed by atoms with E-state index in [0.717, 1.165) is 28.6 Å². The third-order valence-corrected chi connectivity index (χ3v) is 3.84. The number of pyridine rings is 1. The number of aromatic nitrogens is 1. The molecule has 1 fully saturated rings. The zero-order valence-electron chi connectivity index (χ0n) is 10.5. The fourth-order valence-electron chi connectivity index (χ4n) is 2.80. The standard InChI is InChI=1S/C15H17FN2/c1-10-2-3-11-8-12(4-5-14(11)18-10)15(16)7-6-13(17)9-15/h2-5,8,13H,6-7,9,17H2,1H3. The Bertz CT molecular complexity index is 596. The van der Waals surface area contributed by atoms with Crippen molar-refractivity contribution < 1.29 is 4.39 Å². The summed E-state index contributed by atoms with van der Waals surface area (Å²) < 4.78 is 14.8. The molecule has 0 saturated heterocycles. The SMILES string of the molecule is Cc1ccc2cc(C3(F)CCC(N)C3)ccc2n1. The minimum atomic E-state index is -1.25. The van der Waals surface area contributed by atoms with Gasteiger partial charge in [-0.25, -0.2) is 4.39 Å². The number of halogens is 1. The second-order valence-electron chi connectivity index (χ2n) is 5.33. The zero-order chi connectivity index (χ0) is 12.8. The predicted molar refractivity (Wildman–Crippen MR) is 71.1 cm³/mol. The number of hydrogen-bond acceptors (Lipinski definition) is 2. The van der Waals surface area contributed by atoms with Crippen LogP contribution in [0, 0.1) is 6.92 Å². The summed E-state index contributed by atoms with van der Waals surface area (Å²) in [5.41, 5.74) is 7.22. The average molecular weight is 244 g/mol. The summed E-state index contributed by atoms with van der Waals surface area (Å²) in [6, 6.07) is 9.62. The smallest absolute Gasteiger partial charge is 0.137 e. The minimum Gasteiger partial charge on any atom is -0.328 e. The van der Waals surface area contributed by atoms with Gasteiger partial charge in [0, 0.05) is 23.5 Å². The van der Waals surface area contributed by atoms with Crippen molar-refractivity contribution in [3.63, 3.8) is 0 Å². The lowest BCUT2D eigenvalue weighted by molar-refractivity contribution is 0.172. The van der Waals surface area contributed by atoms with Gasteiger partial charge in [-0.15, -0.1) is 0 Å². The van der Waals surface area contributed by atoms with E-state index in [1.54, 1.807) is 0 Å². The van der Waals surface area contributed by atoms with Gasteiger partial charge in [0.1, 0.15) is 5.67 Å². The highest BCUT2D eigenvalue weighted by Gasteiger charge is 2.39. The van der Waals surface area contributed by atoms with Crippen LogP contribution in [0.2, 0.25) is 0 Å². The van der Waals surface area contributed by atoms with Crippen molar-refractivity contribution in [1.29, 1.82) is 0 Å². The van der Waals surface area contributed by atoms with Crippen LogP contribution in [0.3, 0.4) is 0 Å². The fourth-order valence-corrected chi connectivity index (χ4v) is 2.80. The highest BCUT2D eigenvalue weighted by molar-refractivity contribution is 5.79. The number of nitrogens with two attached hydrogens (primary N) is 1. The molecule has 2 N–H and O–H groups in total. The van der Waals surface area contributed by atoms with Crippen molar-refractivity contribution in [3.05, 3.63) is 41.6 Å². The summed E-state index contributed by atoms with van der Waals surface area (Å²) in [5, 5.41) is 0.996. The van der Waals surface area contributed by atoms with Crippen molar-refractivity contribution >= 4 is 10.9 Å². The second-order valence-corrected chi connectivity index (χ2v) is 5.33. The van der Waals surface area contributed by atoms with Crippen LogP contribution in [0.5, 0.6) is 0 Å². The van der Waals surface area contributed by atoms with Gasteiger partial charge in [-0.05, 0) is 43.5 Å². The third-order valence-electron chi connectivity index (χ3n) is 3.84. The number of aryl methyl sites for hydroxylation is 1. The van der Waals surface area contributed by atoms with Crippen molar-refractivity contribution in [1.82, 2.24) is 4.98 Å². The van der Waals surface area contributed by atoms with Crippen molar-refractivity contribution in [2.45, 2.75) is 37.9 Å². The summed E-state index contributed by atoms with van der Waals surface area (Å²) in [4.78, 5) is 4.43. The van der Waals surface area contributed by atoms with Gasteiger partial charge in [0.15, 0.2) is 0 Å². The molecule has 1 saturated carbocycles. The quantitative estimate of drug-likeness (QED) is 0.836. The molecule has 1 aliphatic carbocycles. The van der Waals surface area contributed by atoms with Gasteiger partial charge in [-0.2, -0.15) is 0 Å². The van der Waals surface area contributed by atoms with Crippen LogP contribution in [-0.4, -0.2) is 11.0 Å². The number of nitrogens with zero attached hydrogens (tertiary/aromatic N) is 1. The van der Waals surface area contributed by atoms with E-state index in [9.17, 15) is 4.39 Å². The van der Waals surface area contributed by atoms with Crippen LogP contribution in [0.1, 0.15) is 30.5 Å². The molecule has 3 rings (SSSR count). The Morgan fingerprint density at radius 1 is 1.33 bits per heavy atom. The number of fused-ring (bicyclic) bond motifs is 1. The lowest BCUT2D eigenvalue weighted by atomic mass is 9.92. The molecular weight excluding hydrogens is 227 g/mol. The predicted octanol–water partition coefficient (Wildman–Crippen LogP) is 3.22. The van der Waals surface area contributed by atoms with Crippen molar-refractivity contribution in [3.8, 4) is 0 Å². The van der Waals surface area contributed by atoms with Gasteiger partial charge >= 0.3 is 0 Å². The molecule has 2 unspecified atom stereocenters. The molecule has 0 bridgehead atoms. The van der Waals surface area contributed by atoms with Crippen LogP contribution in [-0.2, 0) is 5.67 Å². The summed E-state index contributed by atoms with van der Waals surface area (Å²) in [6.07, 6.45) is 1.72. The molecule has 1 aromatic heterocycles. The Hall–Kier alpha value is -1.48. The van der Waals surface area contributed by atoms with Crippen LogP contribution < -0.4 is 5.73 Å². The molecular formula is C15H17FN2. The topological polar surface area (TPSA) is 38.9 Å². The first-order valence-corrected chi connectivity index (χ1v) is 6.39. The lowest BCUT2D eigenvalue weighted by Gasteiger charge is -2.20. The molecule has 1 aliphatic rings. The lowest BCUT2D eigenvalue weighted by Crippen LogP contribution is -2.21. The van der Waals surface area contributed by atoms with E-state index < -0.39 is 5.67 Å². The summed E-state index contributed by atoms with van der Waals surface area (Å²) in [6.45, 7) is 1.96. The normalized spacial score (nSPS) is 27.8. The van der Waals surface area contributed by atoms with Gasteiger partial charge < -0.3 is 5.73 Å². The first kappa shape index (κ1) is 11.6.